The van der Waals surface area contributed by atoms with Crippen LogP contribution in [0.4, 0.5) is 8.78 Å². The van der Waals surface area contributed by atoms with Crippen molar-refractivity contribution in [1.82, 2.24) is 10.2 Å². The van der Waals surface area contributed by atoms with E-state index in [2.05, 4.69) is 12.2 Å². The van der Waals surface area contributed by atoms with E-state index in [1.54, 1.807) is 24.3 Å². The molecular formula is C21H25ClF2N2O2. The number of carbonyl (C=O) groups is 1. The van der Waals surface area contributed by atoms with Gasteiger partial charge in [0.2, 0.25) is 0 Å². The molecule has 0 aromatic heterocycles. The normalized spacial score (nSPS) is 14.2. The Balaban J connectivity index is 0.00000280. The number of rotatable bonds is 6. The maximum Gasteiger partial charge on any atom is 0.254 e. The Morgan fingerprint density at radius 1 is 1.07 bits per heavy atom. The molecule has 0 saturated carbocycles. The molecule has 3 rings (SSSR count). The Kier molecular flexibility index (Phi) is 8.20. The third-order valence-corrected chi connectivity index (χ3v) is 4.70. The zero-order valence-electron chi connectivity index (χ0n) is 15.8. The molecule has 1 aliphatic rings. The number of benzene rings is 2. The van der Waals surface area contributed by atoms with Crippen molar-refractivity contribution in [2.75, 3.05) is 19.6 Å². The van der Waals surface area contributed by atoms with Gasteiger partial charge < -0.3 is 15.0 Å². The van der Waals surface area contributed by atoms with Crippen molar-refractivity contribution in [3.8, 4) is 11.5 Å². The van der Waals surface area contributed by atoms with Crippen LogP contribution in [0, 0.1) is 11.6 Å². The summed E-state index contributed by atoms with van der Waals surface area (Å²) < 4.78 is 31.8. The molecule has 0 atom stereocenters. The van der Waals surface area contributed by atoms with Gasteiger partial charge in [-0.2, -0.15) is 0 Å². The van der Waals surface area contributed by atoms with Crippen LogP contribution >= 0.6 is 12.4 Å². The number of hydrogen-bond acceptors (Lipinski definition) is 3. The molecule has 7 heteroatoms. The average molecular weight is 411 g/mol. The Bertz CT molecular complexity index is 780. The fourth-order valence-corrected chi connectivity index (χ4v) is 3.32. The highest BCUT2D eigenvalue weighted by Gasteiger charge is 2.25. The second-order valence-corrected chi connectivity index (χ2v) is 6.68. The summed E-state index contributed by atoms with van der Waals surface area (Å²) in [5, 5.41) is 3.32. The van der Waals surface area contributed by atoms with Gasteiger partial charge in [0.25, 0.3) is 5.91 Å². The predicted octanol–water partition coefficient (Wildman–Crippen LogP) is 4.78. The summed E-state index contributed by atoms with van der Waals surface area (Å²) in [5.41, 5.74) is 0.597. The first-order chi connectivity index (χ1) is 13.1. The number of nitrogens with zero attached hydrogens (tertiary/aromatic N) is 1. The molecule has 0 radical (unpaired) electrons. The lowest BCUT2D eigenvalue weighted by molar-refractivity contribution is 0.0642. The number of nitrogens with one attached hydrogen (secondary N) is 1. The van der Waals surface area contributed by atoms with Crippen molar-refractivity contribution >= 4 is 18.3 Å². The molecule has 1 heterocycles. The molecule has 0 spiro atoms. The molecule has 1 saturated heterocycles. The van der Waals surface area contributed by atoms with Crippen LogP contribution in [-0.2, 0) is 0 Å². The van der Waals surface area contributed by atoms with Gasteiger partial charge in [0.05, 0.1) is 0 Å². The lowest BCUT2D eigenvalue weighted by atomic mass is 10.0. The molecule has 4 nitrogen and oxygen atoms in total. The Morgan fingerprint density at radius 2 is 1.71 bits per heavy atom. The second kappa shape index (κ2) is 10.4. The van der Waals surface area contributed by atoms with E-state index < -0.39 is 11.6 Å². The zero-order chi connectivity index (χ0) is 19.2. The fraction of sp³-hybridized carbons (Fsp3) is 0.381. The van der Waals surface area contributed by atoms with E-state index in [0.717, 1.165) is 51.0 Å². The van der Waals surface area contributed by atoms with Gasteiger partial charge in [-0.05, 0) is 68.8 Å². The van der Waals surface area contributed by atoms with E-state index in [0.29, 0.717) is 11.3 Å². The number of halogens is 3. The molecule has 152 valence electrons. The Hall–Kier alpha value is -2.18. The van der Waals surface area contributed by atoms with Crippen LogP contribution in [0.15, 0.2) is 42.5 Å². The van der Waals surface area contributed by atoms with E-state index in [4.69, 9.17) is 4.74 Å². The number of carbonyl (C=O) groups excluding carboxylic acids is 1. The van der Waals surface area contributed by atoms with Crippen molar-refractivity contribution in [2.24, 2.45) is 0 Å². The SMILES string of the molecule is CCCN(C(=O)c1ccc(Oc2ccc(F)c(F)c2)cc1)C1CCNCC1.Cl. The molecule has 1 amide bonds. The highest BCUT2D eigenvalue weighted by Crippen LogP contribution is 2.24. The van der Waals surface area contributed by atoms with E-state index >= 15 is 0 Å². The van der Waals surface area contributed by atoms with Crippen LogP contribution in [0.2, 0.25) is 0 Å². The molecule has 1 aliphatic heterocycles. The van der Waals surface area contributed by atoms with Gasteiger partial charge in [-0.3, -0.25) is 4.79 Å². The predicted molar refractivity (Wildman–Crippen MR) is 107 cm³/mol. The highest BCUT2D eigenvalue weighted by molar-refractivity contribution is 5.94. The van der Waals surface area contributed by atoms with E-state index in [9.17, 15) is 13.6 Å². The molecule has 1 fully saturated rings. The molecular weight excluding hydrogens is 386 g/mol. The Labute approximate surface area is 170 Å². The van der Waals surface area contributed by atoms with E-state index in [1.807, 2.05) is 4.90 Å². The van der Waals surface area contributed by atoms with Gasteiger partial charge in [0.15, 0.2) is 11.6 Å². The third-order valence-electron chi connectivity index (χ3n) is 4.70. The zero-order valence-corrected chi connectivity index (χ0v) is 16.6. The van der Waals surface area contributed by atoms with Crippen molar-refractivity contribution in [3.63, 3.8) is 0 Å². The smallest absolute Gasteiger partial charge is 0.254 e. The average Bonchev–Trinajstić information content (AvgIpc) is 2.70. The molecule has 0 unspecified atom stereocenters. The van der Waals surface area contributed by atoms with Crippen LogP contribution in [0.5, 0.6) is 11.5 Å². The number of ether oxygens (including phenoxy) is 1. The molecule has 28 heavy (non-hydrogen) atoms. The summed E-state index contributed by atoms with van der Waals surface area (Å²) >= 11 is 0. The molecule has 0 bridgehead atoms. The summed E-state index contributed by atoms with van der Waals surface area (Å²) in [5.74, 6) is -1.20. The first kappa shape index (κ1) is 22.1. The fourth-order valence-electron chi connectivity index (χ4n) is 3.32. The van der Waals surface area contributed by atoms with Crippen LogP contribution in [0.25, 0.3) is 0 Å². The van der Waals surface area contributed by atoms with Crippen molar-refractivity contribution in [2.45, 2.75) is 32.2 Å². The van der Waals surface area contributed by atoms with Crippen LogP contribution < -0.4 is 10.1 Å². The van der Waals surface area contributed by atoms with Gasteiger partial charge >= 0.3 is 0 Å². The minimum atomic E-state index is -0.962. The largest absolute Gasteiger partial charge is 0.457 e. The molecule has 2 aromatic carbocycles. The quantitative estimate of drug-likeness (QED) is 0.744. The van der Waals surface area contributed by atoms with Crippen LogP contribution in [0.1, 0.15) is 36.5 Å². The van der Waals surface area contributed by atoms with E-state index in [1.165, 1.54) is 6.07 Å². The van der Waals surface area contributed by atoms with Gasteiger partial charge in [0.1, 0.15) is 11.5 Å². The summed E-state index contributed by atoms with van der Waals surface area (Å²) in [4.78, 5) is 14.9. The summed E-state index contributed by atoms with van der Waals surface area (Å²) in [6.07, 6.45) is 2.83. The van der Waals surface area contributed by atoms with E-state index in [-0.39, 0.29) is 30.1 Å². The molecule has 2 aromatic rings. The first-order valence-corrected chi connectivity index (χ1v) is 9.33. The molecule has 0 aliphatic carbocycles. The molecule has 1 N–H and O–H groups in total. The minimum Gasteiger partial charge on any atom is -0.457 e. The number of hydrogen-bond donors (Lipinski definition) is 1. The van der Waals surface area contributed by atoms with Gasteiger partial charge in [-0.1, -0.05) is 6.92 Å². The van der Waals surface area contributed by atoms with Crippen LogP contribution in [-0.4, -0.2) is 36.5 Å². The van der Waals surface area contributed by atoms with Crippen molar-refractivity contribution in [3.05, 3.63) is 59.7 Å². The monoisotopic (exact) mass is 410 g/mol. The maximum atomic E-state index is 13.3. The summed E-state index contributed by atoms with van der Waals surface area (Å²) in [6.45, 7) is 4.66. The topological polar surface area (TPSA) is 41.6 Å². The summed E-state index contributed by atoms with van der Waals surface area (Å²) in [6, 6.07) is 10.4. The standard InChI is InChI=1S/C21H24F2N2O2.ClH/c1-2-13-25(16-9-11-24-12-10-16)21(26)15-3-5-17(6-4-15)27-18-7-8-19(22)20(23)14-18;/h3-8,14,16,24H,2,9-13H2,1H3;1H. The van der Waals surface area contributed by atoms with Gasteiger partial charge in [-0.25, -0.2) is 8.78 Å². The van der Waals surface area contributed by atoms with Crippen molar-refractivity contribution < 1.29 is 18.3 Å². The highest BCUT2D eigenvalue weighted by atomic mass is 35.5. The third kappa shape index (κ3) is 5.42. The Morgan fingerprint density at radius 3 is 2.32 bits per heavy atom. The minimum absolute atomic E-state index is 0. The van der Waals surface area contributed by atoms with Gasteiger partial charge in [-0.15, -0.1) is 12.4 Å². The lowest BCUT2D eigenvalue weighted by Crippen LogP contribution is -2.46. The first-order valence-electron chi connectivity index (χ1n) is 9.33. The summed E-state index contributed by atoms with van der Waals surface area (Å²) in [7, 11) is 0. The van der Waals surface area contributed by atoms with Gasteiger partial charge in [0, 0.05) is 24.2 Å². The van der Waals surface area contributed by atoms with Crippen LogP contribution in [0.3, 0.4) is 0 Å². The van der Waals surface area contributed by atoms with Crippen molar-refractivity contribution in [1.29, 1.82) is 0 Å². The number of piperidine rings is 1. The second-order valence-electron chi connectivity index (χ2n) is 6.68. The maximum absolute atomic E-state index is 13.3. The number of amides is 1. The lowest BCUT2D eigenvalue weighted by Gasteiger charge is -2.34.